The fourth-order valence-electron chi connectivity index (χ4n) is 2.72. The summed E-state index contributed by atoms with van der Waals surface area (Å²) in [4.78, 5) is 17.2. The second kappa shape index (κ2) is 7.49. The van der Waals surface area contributed by atoms with E-state index >= 15 is 0 Å². The van der Waals surface area contributed by atoms with E-state index < -0.39 is 18.7 Å². The van der Waals surface area contributed by atoms with E-state index in [1.54, 1.807) is 29.9 Å². The van der Waals surface area contributed by atoms with Crippen LogP contribution in [-0.2, 0) is 0 Å². The second-order valence-electron chi connectivity index (χ2n) is 6.57. The van der Waals surface area contributed by atoms with Crippen LogP contribution < -0.4 is 10.1 Å². The Balaban J connectivity index is 1.87. The minimum atomic E-state index is -4.47. The van der Waals surface area contributed by atoms with Crippen molar-refractivity contribution >= 4 is 22.6 Å². The van der Waals surface area contributed by atoms with Crippen molar-refractivity contribution in [3.8, 4) is 5.75 Å². The average Bonchev–Trinajstić information content (AvgIpc) is 3.02. The van der Waals surface area contributed by atoms with E-state index in [0.717, 1.165) is 0 Å². The first-order valence-electron chi connectivity index (χ1n) is 8.60. The number of nitrogens with zero attached hydrogens (tertiary/aromatic N) is 3. The Hall–Kier alpha value is -3.10. The molecule has 6 nitrogen and oxygen atoms in total. The molecule has 28 heavy (non-hydrogen) atoms. The molecule has 1 aromatic carbocycles. The Morgan fingerprint density at radius 1 is 1.29 bits per heavy atom. The number of carbonyl (C=O) groups is 1. The molecule has 0 saturated carbocycles. The lowest BCUT2D eigenvalue weighted by atomic mass is 10.1. The van der Waals surface area contributed by atoms with Gasteiger partial charge in [-0.15, -0.1) is 0 Å². The summed E-state index contributed by atoms with van der Waals surface area (Å²) in [7, 11) is 0. The molecule has 2 aromatic heterocycles. The molecule has 0 aliphatic rings. The van der Waals surface area contributed by atoms with E-state index in [2.05, 4.69) is 15.4 Å². The highest BCUT2D eigenvalue weighted by Crippen LogP contribution is 2.27. The number of carbonyl (C=O) groups excluding carboxylic acids is 1. The van der Waals surface area contributed by atoms with Crippen LogP contribution in [0.15, 0.2) is 36.5 Å². The van der Waals surface area contributed by atoms with Gasteiger partial charge in [0.25, 0.3) is 5.91 Å². The Bertz CT molecular complexity index is 1010. The quantitative estimate of drug-likeness (QED) is 0.693. The van der Waals surface area contributed by atoms with Crippen LogP contribution in [0.2, 0.25) is 0 Å². The highest BCUT2D eigenvalue weighted by Gasteiger charge is 2.29. The third-order valence-electron chi connectivity index (χ3n) is 4.02. The van der Waals surface area contributed by atoms with Crippen LogP contribution in [0.4, 0.5) is 18.9 Å². The van der Waals surface area contributed by atoms with E-state index in [1.807, 2.05) is 13.8 Å². The molecule has 0 aliphatic carbocycles. The second-order valence-corrected chi connectivity index (χ2v) is 6.57. The maximum atomic E-state index is 12.7. The number of alkyl halides is 3. The summed E-state index contributed by atoms with van der Waals surface area (Å²) in [6, 6.07) is 7.74. The van der Waals surface area contributed by atoms with Gasteiger partial charge in [-0.25, -0.2) is 9.67 Å². The van der Waals surface area contributed by atoms with Crippen LogP contribution in [0, 0.1) is 6.92 Å². The number of hydrogen-bond donors (Lipinski definition) is 1. The van der Waals surface area contributed by atoms with Crippen molar-refractivity contribution in [3.05, 3.63) is 47.8 Å². The topological polar surface area (TPSA) is 69.0 Å². The zero-order valence-corrected chi connectivity index (χ0v) is 15.5. The number of nitrogens with one attached hydrogen (secondary N) is 1. The SMILES string of the molecule is Cc1nc2c(cnn2C(C)C)cc1C(=O)Nc1ccccc1OCC(F)(F)F. The van der Waals surface area contributed by atoms with Gasteiger partial charge in [0.15, 0.2) is 12.3 Å². The predicted molar refractivity (Wildman–Crippen MR) is 98.6 cm³/mol. The molecule has 148 valence electrons. The molecule has 0 fully saturated rings. The van der Waals surface area contributed by atoms with Gasteiger partial charge >= 0.3 is 6.18 Å². The lowest BCUT2D eigenvalue weighted by molar-refractivity contribution is -0.153. The van der Waals surface area contributed by atoms with Gasteiger partial charge in [-0.2, -0.15) is 18.3 Å². The summed E-state index contributed by atoms with van der Waals surface area (Å²) in [5.74, 6) is -0.556. The molecule has 3 aromatic rings. The van der Waals surface area contributed by atoms with Gasteiger partial charge < -0.3 is 10.1 Å². The maximum Gasteiger partial charge on any atom is 0.422 e. The molecule has 0 unspecified atom stereocenters. The Morgan fingerprint density at radius 2 is 2.00 bits per heavy atom. The fourth-order valence-corrected chi connectivity index (χ4v) is 2.72. The van der Waals surface area contributed by atoms with Crippen LogP contribution in [-0.4, -0.2) is 33.5 Å². The summed E-state index contributed by atoms with van der Waals surface area (Å²) >= 11 is 0. The van der Waals surface area contributed by atoms with Crippen molar-refractivity contribution in [3.63, 3.8) is 0 Å². The lowest BCUT2D eigenvalue weighted by Gasteiger charge is -2.14. The number of hydrogen-bond acceptors (Lipinski definition) is 4. The Morgan fingerprint density at radius 3 is 2.68 bits per heavy atom. The minimum Gasteiger partial charge on any atom is -0.482 e. The van der Waals surface area contributed by atoms with E-state index in [1.165, 1.54) is 18.2 Å². The summed E-state index contributed by atoms with van der Waals surface area (Å²) in [6.45, 7) is 4.20. The summed E-state index contributed by atoms with van der Waals surface area (Å²) in [5.41, 5.74) is 1.61. The number of para-hydroxylation sites is 2. The van der Waals surface area contributed by atoms with E-state index in [4.69, 9.17) is 4.74 Å². The summed E-state index contributed by atoms with van der Waals surface area (Å²) in [5, 5.41) is 7.58. The molecule has 0 bridgehead atoms. The molecule has 0 radical (unpaired) electrons. The highest BCUT2D eigenvalue weighted by atomic mass is 19.4. The number of amides is 1. The van der Waals surface area contributed by atoms with E-state index in [0.29, 0.717) is 22.3 Å². The molecular weight excluding hydrogens is 373 g/mol. The molecule has 0 atom stereocenters. The summed E-state index contributed by atoms with van der Waals surface area (Å²) < 4.78 is 43.8. The molecule has 0 aliphatic heterocycles. The van der Waals surface area contributed by atoms with Crippen LogP contribution in [0.5, 0.6) is 5.75 Å². The van der Waals surface area contributed by atoms with Crippen molar-refractivity contribution < 1.29 is 22.7 Å². The molecule has 1 N–H and O–H groups in total. The fraction of sp³-hybridized carbons (Fsp3) is 0.316. The van der Waals surface area contributed by atoms with Gasteiger partial charge in [-0.3, -0.25) is 4.79 Å². The van der Waals surface area contributed by atoms with E-state index in [9.17, 15) is 18.0 Å². The predicted octanol–water partition coefficient (Wildman–Crippen LogP) is 4.51. The van der Waals surface area contributed by atoms with Crippen molar-refractivity contribution in [1.29, 1.82) is 0 Å². The van der Waals surface area contributed by atoms with Gasteiger partial charge in [0.05, 0.1) is 23.1 Å². The first-order chi connectivity index (χ1) is 13.2. The van der Waals surface area contributed by atoms with Crippen LogP contribution >= 0.6 is 0 Å². The number of benzene rings is 1. The summed E-state index contributed by atoms with van der Waals surface area (Å²) in [6.07, 6.45) is -2.85. The zero-order chi connectivity index (χ0) is 20.5. The lowest BCUT2D eigenvalue weighted by Crippen LogP contribution is -2.20. The van der Waals surface area contributed by atoms with Crippen LogP contribution in [0.25, 0.3) is 11.0 Å². The van der Waals surface area contributed by atoms with Gasteiger partial charge in [0, 0.05) is 11.4 Å². The normalized spacial score (nSPS) is 11.8. The van der Waals surface area contributed by atoms with Crippen molar-refractivity contribution in [2.45, 2.75) is 33.0 Å². The van der Waals surface area contributed by atoms with Crippen molar-refractivity contribution in [1.82, 2.24) is 14.8 Å². The van der Waals surface area contributed by atoms with E-state index in [-0.39, 0.29) is 17.5 Å². The average molecular weight is 392 g/mol. The van der Waals surface area contributed by atoms with Gasteiger partial charge in [-0.1, -0.05) is 12.1 Å². The molecular formula is C19H19F3N4O2. The number of fused-ring (bicyclic) bond motifs is 1. The van der Waals surface area contributed by atoms with Gasteiger partial charge in [0.2, 0.25) is 0 Å². The number of halogens is 3. The number of aryl methyl sites for hydroxylation is 1. The first-order valence-corrected chi connectivity index (χ1v) is 8.60. The van der Waals surface area contributed by atoms with Gasteiger partial charge in [0.1, 0.15) is 5.75 Å². The molecule has 0 saturated heterocycles. The molecule has 2 heterocycles. The largest absolute Gasteiger partial charge is 0.482 e. The number of ether oxygens (including phenoxy) is 1. The van der Waals surface area contributed by atoms with Gasteiger partial charge in [-0.05, 0) is 39.0 Å². The highest BCUT2D eigenvalue weighted by molar-refractivity contribution is 6.07. The third-order valence-corrected chi connectivity index (χ3v) is 4.02. The number of anilines is 1. The zero-order valence-electron chi connectivity index (χ0n) is 15.5. The Kier molecular flexibility index (Phi) is 5.26. The van der Waals surface area contributed by atoms with Crippen molar-refractivity contribution in [2.24, 2.45) is 0 Å². The molecule has 1 amide bonds. The van der Waals surface area contributed by atoms with Crippen LogP contribution in [0.1, 0.15) is 35.9 Å². The number of pyridine rings is 1. The maximum absolute atomic E-state index is 12.7. The minimum absolute atomic E-state index is 0.0625. The standard InChI is InChI=1S/C19H19F3N4O2/c1-11(2)26-17-13(9-23-26)8-14(12(3)24-17)18(27)25-15-6-4-5-7-16(15)28-10-19(20,21)22/h4-9,11H,10H2,1-3H3,(H,25,27). The smallest absolute Gasteiger partial charge is 0.422 e. The number of aromatic nitrogens is 3. The first kappa shape index (κ1) is 19.7. The van der Waals surface area contributed by atoms with Crippen molar-refractivity contribution in [2.75, 3.05) is 11.9 Å². The number of rotatable bonds is 5. The Labute approximate surface area is 159 Å². The molecule has 9 heteroatoms. The van der Waals surface area contributed by atoms with Crippen LogP contribution in [0.3, 0.4) is 0 Å². The molecule has 0 spiro atoms. The monoisotopic (exact) mass is 392 g/mol. The molecule has 3 rings (SSSR count). The third kappa shape index (κ3) is 4.24.